The molecule has 1 aliphatic heterocycles. The van der Waals surface area contributed by atoms with Crippen molar-refractivity contribution < 1.29 is 28.3 Å². The molecule has 2 aromatic carbocycles. The molecule has 0 N–H and O–H groups in total. The van der Waals surface area contributed by atoms with Crippen LogP contribution in [0.25, 0.3) is 17.4 Å². The van der Waals surface area contributed by atoms with Gasteiger partial charge in [-0.1, -0.05) is 17.4 Å². The third-order valence-corrected chi connectivity index (χ3v) is 7.49. The van der Waals surface area contributed by atoms with E-state index >= 15 is 0 Å². The molecule has 1 atom stereocenters. The summed E-state index contributed by atoms with van der Waals surface area (Å²) in [4.78, 5) is 42.4. The van der Waals surface area contributed by atoms with E-state index in [1.807, 2.05) is 0 Å². The largest absolute Gasteiger partial charge is 0.493 e. The van der Waals surface area contributed by atoms with E-state index in [-0.39, 0.29) is 23.4 Å². The van der Waals surface area contributed by atoms with Gasteiger partial charge in [-0.25, -0.2) is 9.79 Å². The van der Waals surface area contributed by atoms with E-state index < -0.39 is 16.9 Å². The molecular formula is C29H25N3O8S. The van der Waals surface area contributed by atoms with E-state index in [4.69, 9.17) is 18.6 Å². The molecule has 0 fully saturated rings. The minimum atomic E-state index is -0.820. The minimum absolute atomic E-state index is 0.0249. The Bertz CT molecular complexity index is 1860. The molecule has 0 aliphatic carbocycles. The lowest BCUT2D eigenvalue weighted by Crippen LogP contribution is -2.39. The summed E-state index contributed by atoms with van der Waals surface area (Å²) in [6.45, 7) is 3.58. The van der Waals surface area contributed by atoms with Crippen LogP contribution < -0.4 is 24.4 Å². The van der Waals surface area contributed by atoms with Gasteiger partial charge in [0.2, 0.25) is 0 Å². The number of esters is 1. The highest BCUT2D eigenvalue weighted by atomic mass is 32.1. The van der Waals surface area contributed by atoms with E-state index in [0.717, 1.165) is 11.3 Å². The highest BCUT2D eigenvalue weighted by molar-refractivity contribution is 7.07. The number of fused-ring (bicyclic) bond motifs is 1. The second-order valence-electron chi connectivity index (χ2n) is 8.92. The lowest BCUT2D eigenvalue weighted by Gasteiger charge is -2.25. The number of nitro benzene ring substituents is 1. The number of methoxy groups -OCH3 is 2. The number of allylic oxidation sites excluding steroid dienone is 1. The number of hydrogen-bond acceptors (Lipinski definition) is 10. The number of nitrogens with zero attached hydrogens (tertiary/aromatic N) is 3. The first-order valence-corrected chi connectivity index (χ1v) is 13.3. The Morgan fingerprint density at radius 1 is 1.12 bits per heavy atom. The fraction of sp³-hybridized carbons (Fsp3) is 0.207. The van der Waals surface area contributed by atoms with Crippen LogP contribution in [0.3, 0.4) is 0 Å². The molecule has 4 aromatic rings. The fourth-order valence-corrected chi connectivity index (χ4v) is 5.62. The summed E-state index contributed by atoms with van der Waals surface area (Å²) in [6, 6.07) is 13.8. The number of nitro groups is 1. The number of hydrogen-bond donors (Lipinski definition) is 0. The zero-order valence-corrected chi connectivity index (χ0v) is 23.4. The van der Waals surface area contributed by atoms with Gasteiger partial charge in [0.25, 0.3) is 11.2 Å². The van der Waals surface area contributed by atoms with E-state index in [1.165, 1.54) is 30.9 Å². The van der Waals surface area contributed by atoms with Crippen molar-refractivity contribution in [2.75, 3.05) is 20.8 Å². The number of aromatic nitrogens is 1. The normalized spacial score (nSPS) is 14.8. The third-order valence-electron chi connectivity index (χ3n) is 6.50. The second kappa shape index (κ2) is 11.3. The molecule has 0 amide bonds. The predicted molar refractivity (Wildman–Crippen MR) is 151 cm³/mol. The first kappa shape index (κ1) is 27.6. The lowest BCUT2D eigenvalue weighted by molar-refractivity contribution is -0.384. The maximum absolute atomic E-state index is 13.8. The molecule has 41 heavy (non-hydrogen) atoms. The van der Waals surface area contributed by atoms with Gasteiger partial charge in [0.05, 0.1) is 47.6 Å². The van der Waals surface area contributed by atoms with Crippen molar-refractivity contribution in [1.82, 2.24) is 4.57 Å². The molecule has 0 saturated carbocycles. The van der Waals surface area contributed by atoms with Crippen molar-refractivity contribution in [3.63, 3.8) is 0 Å². The van der Waals surface area contributed by atoms with Gasteiger partial charge >= 0.3 is 5.97 Å². The summed E-state index contributed by atoms with van der Waals surface area (Å²) in [7, 11) is 3.03. The van der Waals surface area contributed by atoms with Crippen molar-refractivity contribution >= 4 is 29.1 Å². The van der Waals surface area contributed by atoms with Crippen molar-refractivity contribution in [2.45, 2.75) is 19.9 Å². The van der Waals surface area contributed by atoms with Crippen LogP contribution in [-0.2, 0) is 9.53 Å². The number of thiazole rings is 1. The number of ether oxygens (including phenoxy) is 3. The van der Waals surface area contributed by atoms with Crippen LogP contribution in [0, 0.1) is 10.1 Å². The van der Waals surface area contributed by atoms with Crippen LogP contribution in [0.15, 0.2) is 80.1 Å². The quantitative estimate of drug-likeness (QED) is 0.175. The summed E-state index contributed by atoms with van der Waals surface area (Å²) in [5.41, 5.74) is 1.57. The van der Waals surface area contributed by atoms with E-state index in [9.17, 15) is 19.7 Å². The molecule has 5 rings (SSSR count). The summed E-state index contributed by atoms with van der Waals surface area (Å²) in [5.74, 6) is 1.28. The highest BCUT2D eigenvalue weighted by Gasteiger charge is 2.34. The van der Waals surface area contributed by atoms with Gasteiger partial charge in [-0.2, -0.15) is 0 Å². The number of furan rings is 1. The fourth-order valence-electron chi connectivity index (χ4n) is 4.59. The Labute approximate surface area is 237 Å². The molecular weight excluding hydrogens is 550 g/mol. The van der Waals surface area contributed by atoms with Crippen LogP contribution in [0.1, 0.15) is 31.2 Å². The van der Waals surface area contributed by atoms with Gasteiger partial charge in [-0.3, -0.25) is 19.5 Å². The van der Waals surface area contributed by atoms with Gasteiger partial charge in [0.15, 0.2) is 16.3 Å². The van der Waals surface area contributed by atoms with Crippen LogP contribution in [-0.4, -0.2) is 36.3 Å². The van der Waals surface area contributed by atoms with Crippen LogP contribution in [0.4, 0.5) is 5.69 Å². The Kier molecular flexibility index (Phi) is 7.58. The van der Waals surface area contributed by atoms with Crippen molar-refractivity contribution in [1.29, 1.82) is 0 Å². The molecule has 2 aromatic heterocycles. The number of benzene rings is 2. The summed E-state index contributed by atoms with van der Waals surface area (Å²) >= 11 is 1.16. The van der Waals surface area contributed by atoms with Crippen molar-refractivity contribution in [2.24, 2.45) is 4.99 Å². The summed E-state index contributed by atoms with van der Waals surface area (Å²) in [5, 5.41) is 11.0. The number of non-ortho nitro benzene ring substituents is 1. The molecule has 0 bridgehead atoms. The van der Waals surface area contributed by atoms with Crippen LogP contribution >= 0.6 is 11.3 Å². The Morgan fingerprint density at radius 3 is 2.51 bits per heavy atom. The van der Waals surface area contributed by atoms with Crippen molar-refractivity contribution in [3.8, 4) is 22.8 Å². The molecule has 210 valence electrons. The third kappa shape index (κ3) is 5.16. The maximum Gasteiger partial charge on any atom is 0.338 e. The van der Waals surface area contributed by atoms with Gasteiger partial charge in [0.1, 0.15) is 11.5 Å². The predicted octanol–water partition coefficient (Wildman–Crippen LogP) is 3.98. The molecule has 1 unspecified atom stereocenters. The zero-order valence-electron chi connectivity index (χ0n) is 22.6. The molecule has 3 heterocycles. The molecule has 1 aliphatic rings. The first-order valence-electron chi connectivity index (χ1n) is 12.5. The number of carbonyl (C=O) groups is 1. The SMILES string of the molecule is CCOC(=O)C1=C(C)N=c2s/c(=C\c3ccc(-c4ccc([N+](=O)[O-])cc4)o3)c(=O)n2C1c1ccc(OC)c(OC)c1. The molecule has 0 saturated heterocycles. The van der Waals surface area contributed by atoms with Gasteiger partial charge < -0.3 is 18.6 Å². The van der Waals surface area contributed by atoms with E-state index in [2.05, 4.69) is 4.99 Å². The van der Waals surface area contributed by atoms with E-state index in [0.29, 0.717) is 49.2 Å². The Balaban J connectivity index is 1.62. The van der Waals surface area contributed by atoms with Crippen LogP contribution in [0.2, 0.25) is 0 Å². The number of carbonyl (C=O) groups excluding carboxylic acids is 1. The second-order valence-corrected chi connectivity index (χ2v) is 9.93. The number of rotatable bonds is 8. The Hall–Kier alpha value is -4.97. The summed E-state index contributed by atoms with van der Waals surface area (Å²) < 4.78 is 23.9. The zero-order chi connectivity index (χ0) is 29.3. The molecule has 0 radical (unpaired) electrons. The molecule has 12 heteroatoms. The summed E-state index contributed by atoms with van der Waals surface area (Å²) in [6.07, 6.45) is 1.60. The highest BCUT2D eigenvalue weighted by Crippen LogP contribution is 2.36. The van der Waals surface area contributed by atoms with Crippen LogP contribution in [0.5, 0.6) is 11.5 Å². The minimum Gasteiger partial charge on any atom is -0.493 e. The van der Waals surface area contributed by atoms with Crippen molar-refractivity contribution in [3.05, 3.63) is 107 Å². The van der Waals surface area contributed by atoms with Gasteiger partial charge in [0, 0.05) is 23.8 Å². The Morgan fingerprint density at radius 2 is 1.85 bits per heavy atom. The molecule has 11 nitrogen and oxygen atoms in total. The molecule has 0 spiro atoms. The lowest BCUT2D eigenvalue weighted by atomic mass is 9.95. The average molecular weight is 576 g/mol. The smallest absolute Gasteiger partial charge is 0.338 e. The first-order chi connectivity index (χ1) is 19.7. The monoisotopic (exact) mass is 575 g/mol. The maximum atomic E-state index is 13.8. The topological polar surface area (TPSA) is 135 Å². The standard InChI is InChI=1S/C29H25N3O8S/c1-5-39-28(34)25-16(2)30-29-31(26(25)18-8-12-22(37-3)23(14-18)38-4)27(33)24(41-29)15-20-11-13-21(40-20)17-6-9-19(10-7-17)32(35)36/h6-15,26H,5H2,1-4H3/b24-15-. The van der Waals surface area contributed by atoms with Gasteiger partial charge in [-0.15, -0.1) is 0 Å². The average Bonchev–Trinajstić information content (AvgIpc) is 3.56. The van der Waals surface area contributed by atoms with E-state index in [1.54, 1.807) is 62.4 Å². The van der Waals surface area contributed by atoms with Gasteiger partial charge in [-0.05, 0) is 55.8 Å².